The van der Waals surface area contributed by atoms with E-state index in [9.17, 15) is 0 Å². The molecule has 0 aliphatic rings. The topological polar surface area (TPSA) is 12.0 Å². The van der Waals surface area contributed by atoms with E-state index < -0.39 is 0 Å². The smallest absolute Gasteiger partial charge is 0.0516 e. The summed E-state index contributed by atoms with van der Waals surface area (Å²) in [6.45, 7) is 3.12. The van der Waals surface area contributed by atoms with Gasteiger partial charge in [-0.15, -0.1) is 11.3 Å². The van der Waals surface area contributed by atoms with Gasteiger partial charge in [0.2, 0.25) is 0 Å². The van der Waals surface area contributed by atoms with Crippen LogP contribution in [0.3, 0.4) is 0 Å². The quantitative estimate of drug-likeness (QED) is 0.860. The number of hydrogen-bond acceptors (Lipinski definition) is 3. The van der Waals surface area contributed by atoms with Gasteiger partial charge in [-0.2, -0.15) is 11.3 Å². The molecule has 2 heterocycles. The van der Waals surface area contributed by atoms with E-state index in [0.717, 1.165) is 18.0 Å². The van der Waals surface area contributed by atoms with Crippen molar-refractivity contribution in [2.24, 2.45) is 0 Å². The van der Waals surface area contributed by atoms with Gasteiger partial charge in [-0.05, 0) is 41.8 Å². The Kier molecular flexibility index (Phi) is 4.41. The van der Waals surface area contributed by atoms with Crippen molar-refractivity contribution in [2.45, 2.75) is 25.9 Å². The Labute approximate surface area is 109 Å². The van der Waals surface area contributed by atoms with Crippen LogP contribution >= 0.6 is 34.3 Å². The van der Waals surface area contributed by atoms with Crippen LogP contribution in [0.5, 0.6) is 0 Å². The summed E-state index contributed by atoms with van der Waals surface area (Å²) in [5.41, 5.74) is 1.41. The first-order valence-electron chi connectivity index (χ1n) is 5.21. The van der Waals surface area contributed by atoms with Crippen LogP contribution in [0.2, 0.25) is 5.02 Å². The Bertz CT molecular complexity index is 422. The number of rotatable bonds is 5. The van der Waals surface area contributed by atoms with E-state index in [2.05, 4.69) is 29.1 Å². The summed E-state index contributed by atoms with van der Waals surface area (Å²) in [4.78, 5) is 1.29. The average molecular weight is 272 g/mol. The number of hydrogen-bond donors (Lipinski definition) is 1. The van der Waals surface area contributed by atoms with E-state index in [-0.39, 0.29) is 0 Å². The molecule has 0 amide bonds. The van der Waals surface area contributed by atoms with E-state index in [1.54, 1.807) is 22.7 Å². The fourth-order valence-electron chi connectivity index (χ4n) is 1.56. The number of nitrogens with one attached hydrogen (secondary N) is 1. The maximum absolute atomic E-state index is 5.87. The fourth-order valence-corrected chi connectivity index (χ4v) is 3.26. The Hall–Kier alpha value is -0.350. The van der Waals surface area contributed by atoms with Crippen molar-refractivity contribution in [1.82, 2.24) is 5.32 Å². The molecule has 1 unspecified atom stereocenters. The van der Waals surface area contributed by atoms with E-state index in [1.165, 1.54) is 10.4 Å². The van der Waals surface area contributed by atoms with Gasteiger partial charge >= 0.3 is 0 Å². The summed E-state index contributed by atoms with van der Waals surface area (Å²) in [6, 6.07) is 4.71. The zero-order chi connectivity index (χ0) is 11.4. The molecule has 0 saturated heterocycles. The van der Waals surface area contributed by atoms with Crippen molar-refractivity contribution in [3.8, 4) is 0 Å². The fraction of sp³-hybridized carbons (Fsp3) is 0.333. The second-order valence-electron chi connectivity index (χ2n) is 3.85. The second-order valence-corrected chi connectivity index (χ2v) is 6.06. The van der Waals surface area contributed by atoms with E-state index in [0.29, 0.717) is 6.04 Å². The van der Waals surface area contributed by atoms with Crippen molar-refractivity contribution in [3.63, 3.8) is 0 Å². The highest BCUT2D eigenvalue weighted by Crippen LogP contribution is 2.19. The van der Waals surface area contributed by atoms with Crippen LogP contribution in [0.4, 0.5) is 0 Å². The molecule has 2 rings (SSSR count). The molecule has 0 aliphatic heterocycles. The van der Waals surface area contributed by atoms with Gasteiger partial charge in [-0.25, -0.2) is 0 Å². The minimum Gasteiger partial charge on any atom is -0.309 e. The lowest BCUT2D eigenvalue weighted by Crippen LogP contribution is -2.26. The molecule has 2 aromatic rings. The number of halogens is 1. The molecule has 1 N–H and O–H groups in total. The van der Waals surface area contributed by atoms with Crippen molar-refractivity contribution >= 4 is 34.3 Å². The van der Waals surface area contributed by atoms with Crippen LogP contribution in [-0.2, 0) is 13.0 Å². The molecule has 86 valence electrons. The maximum Gasteiger partial charge on any atom is 0.0516 e. The van der Waals surface area contributed by atoms with Gasteiger partial charge in [0.1, 0.15) is 0 Å². The highest BCUT2D eigenvalue weighted by atomic mass is 35.5. The first-order chi connectivity index (χ1) is 7.74. The summed E-state index contributed by atoms with van der Waals surface area (Å²) in [5, 5.41) is 10.7. The van der Waals surface area contributed by atoms with Gasteiger partial charge < -0.3 is 5.32 Å². The van der Waals surface area contributed by atoms with Crippen LogP contribution in [0.25, 0.3) is 0 Å². The monoisotopic (exact) mass is 271 g/mol. The Morgan fingerprint density at radius 3 is 2.94 bits per heavy atom. The molecule has 16 heavy (non-hydrogen) atoms. The molecular weight excluding hydrogens is 258 g/mol. The SMILES string of the molecule is CC(Cc1ccsc1)NCc1cc(Cl)cs1. The predicted octanol–water partition coefficient (Wildman–Crippen LogP) is 4.18. The van der Waals surface area contributed by atoms with Gasteiger partial charge in [-0.3, -0.25) is 0 Å². The van der Waals surface area contributed by atoms with Crippen LogP contribution in [0, 0.1) is 0 Å². The molecule has 0 aliphatic carbocycles. The molecular formula is C12H14ClNS2. The Balaban J connectivity index is 1.77. The standard InChI is InChI=1S/C12H14ClNS2/c1-9(4-10-2-3-15-7-10)14-6-12-5-11(13)8-16-12/h2-3,5,7-9,14H,4,6H2,1H3. The number of thiophene rings is 2. The van der Waals surface area contributed by atoms with E-state index in [1.807, 2.05) is 11.4 Å². The first-order valence-corrected chi connectivity index (χ1v) is 7.41. The predicted molar refractivity (Wildman–Crippen MR) is 73.7 cm³/mol. The summed E-state index contributed by atoms with van der Waals surface area (Å²) in [7, 11) is 0. The zero-order valence-electron chi connectivity index (χ0n) is 9.07. The average Bonchev–Trinajstić information content (AvgIpc) is 2.87. The van der Waals surface area contributed by atoms with E-state index >= 15 is 0 Å². The molecule has 1 atom stereocenters. The Morgan fingerprint density at radius 2 is 2.31 bits per heavy atom. The molecule has 0 bridgehead atoms. The molecule has 0 aromatic carbocycles. The molecule has 1 nitrogen and oxygen atoms in total. The lowest BCUT2D eigenvalue weighted by atomic mass is 10.1. The van der Waals surface area contributed by atoms with Gasteiger partial charge in [-0.1, -0.05) is 11.6 Å². The van der Waals surface area contributed by atoms with Crippen molar-refractivity contribution < 1.29 is 0 Å². The summed E-state index contributed by atoms with van der Waals surface area (Å²) in [6.07, 6.45) is 1.09. The molecule has 2 aromatic heterocycles. The van der Waals surface area contributed by atoms with Gasteiger partial charge in [0.15, 0.2) is 0 Å². The maximum atomic E-state index is 5.87. The van der Waals surface area contributed by atoms with Crippen LogP contribution in [0.15, 0.2) is 28.3 Å². The third kappa shape index (κ3) is 3.59. The summed E-state index contributed by atoms with van der Waals surface area (Å²) in [5.74, 6) is 0. The van der Waals surface area contributed by atoms with Crippen molar-refractivity contribution in [2.75, 3.05) is 0 Å². The highest BCUT2D eigenvalue weighted by molar-refractivity contribution is 7.10. The third-order valence-electron chi connectivity index (χ3n) is 2.37. The van der Waals surface area contributed by atoms with Gasteiger partial charge in [0.05, 0.1) is 5.02 Å². The summed E-state index contributed by atoms with van der Waals surface area (Å²) >= 11 is 9.34. The lowest BCUT2D eigenvalue weighted by Gasteiger charge is -2.11. The lowest BCUT2D eigenvalue weighted by molar-refractivity contribution is 0.549. The highest BCUT2D eigenvalue weighted by Gasteiger charge is 2.04. The molecule has 0 fully saturated rings. The molecule has 0 saturated carbocycles. The second kappa shape index (κ2) is 5.82. The van der Waals surface area contributed by atoms with Crippen LogP contribution < -0.4 is 5.32 Å². The van der Waals surface area contributed by atoms with Crippen LogP contribution in [0.1, 0.15) is 17.4 Å². The molecule has 0 radical (unpaired) electrons. The minimum atomic E-state index is 0.496. The van der Waals surface area contributed by atoms with Crippen molar-refractivity contribution in [3.05, 3.63) is 43.7 Å². The summed E-state index contributed by atoms with van der Waals surface area (Å²) < 4.78 is 0. The third-order valence-corrected chi connectivity index (χ3v) is 4.38. The normalized spacial score (nSPS) is 12.9. The van der Waals surface area contributed by atoms with Crippen molar-refractivity contribution in [1.29, 1.82) is 0 Å². The van der Waals surface area contributed by atoms with Gasteiger partial charge in [0.25, 0.3) is 0 Å². The Morgan fingerprint density at radius 1 is 1.44 bits per heavy atom. The molecule has 0 spiro atoms. The van der Waals surface area contributed by atoms with Crippen LogP contribution in [-0.4, -0.2) is 6.04 Å². The van der Waals surface area contributed by atoms with Gasteiger partial charge in [0, 0.05) is 22.8 Å². The largest absolute Gasteiger partial charge is 0.309 e. The first kappa shape index (κ1) is 12.1. The zero-order valence-corrected chi connectivity index (χ0v) is 11.5. The van der Waals surface area contributed by atoms with E-state index in [4.69, 9.17) is 11.6 Å². The molecule has 4 heteroatoms. The minimum absolute atomic E-state index is 0.496.